The van der Waals surface area contributed by atoms with Crippen molar-refractivity contribution in [2.45, 2.75) is 50.2 Å². The quantitative estimate of drug-likeness (QED) is 0.703. The lowest BCUT2D eigenvalue weighted by atomic mass is 9.85. The van der Waals surface area contributed by atoms with E-state index in [4.69, 9.17) is 4.74 Å². The average molecular weight is 287 g/mol. The summed E-state index contributed by atoms with van der Waals surface area (Å²) in [4.78, 5) is 11.5. The van der Waals surface area contributed by atoms with Gasteiger partial charge in [0.25, 0.3) is 0 Å². The number of hydrogen-bond acceptors (Lipinski definition) is 4. The third-order valence-corrected chi connectivity index (χ3v) is 5.72. The van der Waals surface area contributed by atoms with Crippen LogP contribution >= 0.6 is 11.8 Å². The molecule has 1 aliphatic heterocycles. The first-order chi connectivity index (χ1) is 9.19. The lowest BCUT2D eigenvalue weighted by Crippen LogP contribution is -2.53. The van der Waals surface area contributed by atoms with E-state index in [0.717, 1.165) is 43.8 Å². The Morgan fingerprint density at radius 3 is 2.95 bits per heavy atom. The largest absolute Gasteiger partial charge is 0.480 e. The molecule has 1 aliphatic carbocycles. The Hall–Kier alpha value is -0.260. The van der Waals surface area contributed by atoms with Crippen LogP contribution < -0.4 is 5.32 Å². The van der Waals surface area contributed by atoms with Crippen LogP contribution in [-0.4, -0.2) is 47.9 Å². The number of nitrogens with one attached hydrogen (secondary N) is 1. The van der Waals surface area contributed by atoms with E-state index < -0.39 is 11.5 Å². The molecule has 19 heavy (non-hydrogen) atoms. The number of carboxylic acids is 1. The van der Waals surface area contributed by atoms with Crippen LogP contribution in [0.5, 0.6) is 0 Å². The topological polar surface area (TPSA) is 58.6 Å². The summed E-state index contributed by atoms with van der Waals surface area (Å²) < 4.78 is 5.60. The van der Waals surface area contributed by atoms with E-state index in [9.17, 15) is 9.90 Å². The monoisotopic (exact) mass is 287 g/mol. The first kappa shape index (κ1) is 15.1. The molecule has 1 saturated heterocycles. The van der Waals surface area contributed by atoms with Crippen molar-refractivity contribution in [3.05, 3.63) is 0 Å². The van der Waals surface area contributed by atoms with Gasteiger partial charge in [-0.15, -0.1) is 0 Å². The van der Waals surface area contributed by atoms with Crippen LogP contribution in [0.15, 0.2) is 0 Å². The second-order valence-corrected chi connectivity index (χ2v) is 6.76. The molecule has 1 heterocycles. The highest BCUT2D eigenvalue weighted by Crippen LogP contribution is 2.38. The van der Waals surface area contributed by atoms with E-state index >= 15 is 0 Å². The standard InChI is InChI=1S/C14H25NO3S/c1-15-14(13(16)17)7-2-4-11(14)6-9-19-10-12-5-3-8-18-12/h11-12,15H,2-10H2,1H3,(H,16,17). The number of carboxylic acid groups (broad SMARTS) is 1. The Bertz CT molecular complexity index is 307. The smallest absolute Gasteiger partial charge is 0.324 e. The van der Waals surface area contributed by atoms with Gasteiger partial charge in [-0.3, -0.25) is 4.79 Å². The second kappa shape index (κ2) is 6.95. The Morgan fingerprint density at radius 2 is 2.32 bits per heavy atom. The predicted molar refractivity (Wildman–Crippen MR) is 77.7 cm³/mol. The van der Waals surface area contributed by atoms with Gasteiger partial charge in [0.1, 0.15) is 5.54 Å². The Balaban J connectivity index is 1.73. The molecule has 0 aromatic carbocycles. The van der Waals surface area contributed by atoms with E-state index in [1.165, 1.54) is 12.8 Å². The summed E-state index contributed by atoms with van der Waals surface area (Å²) >= 11 is 1.91. The van der Waals surface area contributed by atoms with Gasteiger partial charge in [0.2, 0.25) is 0 Å². The van der Waals surface area contributed by atoms with Gasteiger partial charge >= 0.3 is 5.97 Å². The van der Waals surface area contributed by atoms with Gasteiger partial charge in [0, 0.05) is 12.4 Å². The lowest BCUT2D eigenvalue weighted by molar-refractivity contribution is -0.146. The Labute approximate surface area is 119 Å². The highest BCUT2D eigenvalue weighted by atomic mass is 32.2. The van der Waals surface area contributed by atoms with Gasteiger partial charge < -0.3 is 15.2 Å². The highest BCUT2D eigenvalue weighted by molar-refractivity contribution is 7.99. The molecule has 2 N–H and O–H groups in total. The second-order valence-electron chi connectivity index (χ2n) is 5.61. The van der Waals surface area contributed by atoms with Crippen LogP contribution in [0.1, 0.15) is 38.5 Å². The molecule has 110 valence electrons. The molecule has 1 saturated carbocycles. The number of carbonyl (C=O) groups is 1. The number of likely N-dealkylation sites (N-methyl/N-ethyl adjacent to an activating group) is 1. The number of aliphatic carboxylic acids is 1. The average Bonchev–Trinajstić information content (AvgIpc) is 3.04. The Morgan fingerprint density at radius 1 is 1.47 bits per heavy atom. The van der Waals surface area contributed by atoms with Crippen molar-refractivity contribution >= 4 is 17.7 Å². The third kappa shape index (κ3) is 3.44. The number of hydrogen-bond donors (Lipinski definition) is 2. The van der Waals surface area contributed by atoms with Gasteiger partial charge in [0.15, 0.2) is 0 Å². The fourth-order valence-corrected chi connectivity index (χ4v) is 4.55. The fourth-order valence-electron chi connectivity index (χ4n) is 3.40. The molecule has 0 amide bonds. The molecule has 0 aromatic rings. The van der Waals surface area contributed by atoms with Crippen molar-refractivity contribution in [3.63, 3.8) is 0 Å². The molecule has 3 unspecified atom stereocenters. The number of thioether (sulfide) groups is 1. The van der Waals surface area contributed by atoms with Crippen LogP contribution in [0.3, 0.4) is 0 Å². The van der Waals surface area contributed by atoms with Crippen molar-refractivity contribution in [1.82, 2.24) is 5.32 Å². The maximum absolute atomic E-state index is 11.5. The first-order valence-corrected chi connectivity index (χ1v) is 8.46. The zero-order valence-electron chi connectivity index (χ0n) is 11.7. The molecule has 2 rings (SSSR count). The molecule has 2 fully saturated rings. The summed E-state index contributed by atoms with van der Waals surface area (Å²) in [5, 5.41) is 12.5. The zero-order valence-corrected chi connectivity index (χ0v) is 12.5. The van der Waals surface area contributed by atoms with E-state index in [0.29, 0.717) is 6.10 Å². The maximum Gasteiger partial charge on any atom is 0.324 e. The molecule has 0 spiro atoms. The van der Waals surface area contributed by atoms with Gasteiger partial charge in [0.05, 0.1) is 6.10 Å². The maximum atomic E-state index is 11.5. The Kier molecular flexibility index (Phi) is 5.54. The summed E-state index contributed by atoms with van der Waals surface area (Å²) in [7, 11) is 1.78. The van der Waals surface area contributed by atoms with Crippen LogP contribution in [0.4, 0.5) is 0 Å². The fraction of sp³-hybridized carbons (Fsp3) is 0.929. The SMILES string of the molecule is CNC1(C(=O)O)CCCC1CCSCC1CCCO1. The molecule has 0 bridgehead atoms. The van der Waals surface area contributed by atoms with E-state index in [1.807, 2.05) is 11.8 Å². The van der Waals surface area contributed by atoms with E-state index in [1.54, 1.807) is 7.05 Å². The molecule has 4 nitrogen and oxygen atoms in total. The van der Waals surface area contributed by atoms with E-state index in [-0.39, 0.29) is 5.92 Å². The summed E-state index contributed by atoms with van der Waals surface area (Å²) in [5.74, 6) is 1.70. The van der Waals surface area contributed by atoms with Gasteiger partial charge in [-0.05, 0) is 50.8 Å². The highest BCUT2D eigenvalue weighted by Gasteiger charge is 2.47. The van der Waals surface area contributed by atoms with Crippen LogP contribution in [0.25, 0.3) is 0 Å². The van der Waals surface area contributed by atoms with Crippen molar-refractivity contribution < 1.29 is 14.6 Å². The van der Waals surface area contributed by atoms with Crippen molar-refractivity contribution in [2.75, 3.05) is 25.2 Å². The number of ether oxygens (including phenoxy) is 1. The third-order valence-electron chi connectivity index (χ3n) is 4.59. The first-order valence-electron chi connectivity index (χ1n) is 7.30. The molecule has 2 aliphatic rings. The van der Waals surface area contributed by atoms with Crippen LogP contribution in [0.2, 0.25) is 0 Å². The lowest BCUT2D eigenvalue weighted by Gasteiger charge is -2.31. The molecule has 0 aromatic heterocycles. The summed E-state index contributed by atoms with van der Waals surface area (Å²) in [6, 6.07) is 0. The predicted octanol–water partition coefficient (Wildman–Crippen LogP) is 2.13. The zero-order chi connectivity index (χ0) is 13.7. The van der Waals surface area contributed by atoms with Crippen LogP contribution in [-0.2, 0) is 9.53 Å². The van der Waals surface area contributed by atoms with Crippen LogP contribution in [0, 0.1) is 5.92 Å². The normalized spacial score (nSPS) is 34.8. The minimum absolute atomic E-state index is 0.270. The summed E-state index contributed by atoms with van der Waals surface area (Å²) in [6.07, 6.45) is 6.62. The van der Waals surface area contributed by atoms with Crippen molar-refractivity contribution in [2.24, 2.45) is 5.92 Å². The number of rotatable bonds is 7. The minimum Gasteiger partial charge on any atom is -0.480 e. The van der Waals surface area contributed by atoms with Gasteiger partial charge in [-0.2, -0.15) is 11.8 Å². The van der Waals surface area contributed by atoms with Crippen molar-refractivity contribution in [3.8, 4) is 0 Å². The molecule has 0 radical (unpaired) electrons. The minimum atomic E-state index is -0.679. The van der Waals surface area contributed by atoms with Gasteiger partial charge in [-0.25, -0.2) is 0 Å². The molecule has 3 atom stereocenters. The molecular formula is C14H25NO3S. The molecular weight excluding hydrogens is 262 g/mol. The summed E-state index contributed by atoms with van der Waals surface area (Å²) in [5.41, 5.74) is -0.676. The molecule has 5 heteroatoms. The van der Waals surface area contributed by atoms with E-state index in [2.05, 4.69) is 5.32 Å². The van der Waals surface area contributed by atoms with Crippen molar-refractivity contribution in [1.29, 1.82) is 0 Å². The van der Waals surface area contributed by atoms with Gasteiger partial charge in [-0.1, -0.05) is 6.42 Å². The summed E-state index contributed by atoms with van der Waals surface area (Å²) in [6.45, 7) is 0.912.